The number of amides is 1. The largest absolute Gasteiger partial charge is 0.324 e. The molecule has 0 saturated carbocycles. The van der Waals surface area contributed by atoms with Crippen molar-refractivity contribution in [2.45, 2.75) is 24.8 Å². The maximum Gasteiger partial charge on any atom is 0.261 e. The van der Waals surface area contributed by atoms with Crippen LogP contribution < -0.4 is 14.3 Å². The van der Waals surface area contributed by atoms with Crippen LogP contribution in [-0.2, 0) is 24.8 Å². The lowest BCUT2D eigenvalue weighted by Gasteiger charge is -2.28. The predicted octanol–water partition coefficient (Wildman–Crippen LogP) is 4.90. The zero-order valence-corrected chi connectivity index (χ0v) is 22.1. The summed E-state index contributed by atoms with van der Waals surface area (Å²) in [5, 5.41) is 2.89. The zero-order valence-electron chi connectivity index (χ0n) is 19.0. The number of nitrogens with one attached hydrogen (secondary N) is 2. The van der Waals surface area contributed by atoms with Crippen molar-refractivity contribution in [2.24, 2.45) is 0 Å². The number of halogens is 2. The molecule has 3 aromatic carbocycles. The van der Waals surface area contributed by atoms with E-state index in [2.05, 4.69) is 10.0 Å². The molecule has 3 aromatic rings. The van der Waals surface area contributed by atoms with E-state index in [0.717, 1.165) is 16.1 Å². The molecule has 0 fully saturated rings. The van der Waals surface area contributed by atoms with Crippen molar-refractivity contribution in [3.63, 3.8) is 0 Å². The van der Waals surface area contributed by atoms with Gasteiger partial charge in [-0.2, -0.15) is 0 Å². The molecule has 0 heterocycles. The zero-order chi connectivity index (χ0) is 26.0. The van der Waals surface area contributed by atoms with Gasteiger partial charge in [0.05, 0.1) is 32.6 Å². The molecular formula is C23H23Cl2N3O5S2. The molecule has 0 saturated heterocycles. The number of nitrogens with zero attached hydrogens (tertiary/aromatic N) is 1. The molecule has 1 amide bonds. The fourth-order valence-electron chi connectivity index (χ4n) is 3.25. The highest BCUT2D eigenvalue weighted by Crippen LogP contribution is 2.31. The number of anilines is 3. The average Bonchev–Trinajstić information content (AvgIpc) is 2.77. The van der Waals surface area contributed by atoms with Gasteiger partial charge in [-0.15, -0.1) is 0 Å². The number of rotatable bonds is 8. The summed E-state index contributed by atoms with van der Waals surface area (Å²) in [6, 6.07) is 15.6. The molecule has 2 N–H and O–H groups in total. The Labute approximate surface area is 215 Å². The standard InChI is InChI=1S/C23H23Cl2N3O5S2/c1-15-7-11-18(12-8-15)28(34(3,30)31)16(2)23(29)26-17-9-13-19(14-10-17)35(32,33)27-21-6-4-5-20(24)22(21)25/h4-14,16,27H,1-3H3,(H,26,29)/t16-/m1/s1. The second-order valence-corrected chi connectivity index (χ2v) is 12.1. The Bertz CT molecular complexity index is 1440. The van der Waals surface area contributed by atoms with E-state index in [1.165, 1.54) is 43.3 Å². The summed E-state index contributed by atoms with van der Waals surface area (Å²) >= 11 is 12.0. The maximum absolute atomic E-state index is 12.9. The minimum absolute atomic E-state index is 0.0691. The summed E-state index contributed by atoms with van der Waals surface area (Å²) in [4.78, 5) is 12.8. The minimum atomic E-state index is -3.98. The van der Waals surface area contributed by atoms with E-state index in [1.54, 1.807) is 30.3 Å². The van der Waals surface area contributed by atoms with Gasteiger partial charge in [0, 0.05) is 5.69 Å². The molecule has 0 aliphatic heterocycles. The molecule has 0 aliphatic rings. The van der Waals surface area contributed by atoms with Crippen LogP contribution in [-0.4, -0.2) is 35.0 Å². The first-order chi connectivity index (χ1) is 16.3. The van der Waals surface area contributed by atoms with Crippen molar-refractivity contribution in [1.82, 2.24) is 0 Å². The van der Waals surface area contributed by atoms with Gasteiger partial charge in [-0.25, -0.2) is 16.8 Å². The van der Waals surface area contributed by atoms with Crippen molar-refractivity contribution in [2.75, 3.05) is 20.6 Å². The van der Waals surface area contributed by atoms with E-state index in [9.17, 15) is 21.6 Å². The summed E-state index contributed by atoms with van der Waals surface area (Å²) in [5.41, 5.74) is 1.72. The van der Waals surface area contributed by atoms with Crippen molar-refractivity contribution in [1.29, 1.82) is 0 Å². The minimum Gasteiger partial charge on any atom is -0.324 e. The lowest BCUT2D eigenvalue weighted by atomic mass is 10.2. The molecule has 12 heteroatoms. The molecule has 0 aliphatic carbocycles. The van der Waals surface area contributed by atoms with Crippen LogP contribution in [0.1, 0.15) is 12.5 Å². The highest BCUT2D eigenvalue weighted by atomic mass is 35.5. The molecule has 35 heavy (non-hydrogen) atoms. The Morgan fingerprint density at radius 2 is 1.51 bits per heavy atom. The summed E-state index contributed by atoms with van der Waals surface area (Å²) in [7, 11) is -7.74. The Balaban J connectivity index is 1.77. The number of aryl methyl sites for hydroxylation is 1. The molecule has 186 valence electrons. The summed E-state index contributed by atoms with van der Waals surface area (Å²) in [6.07, 6.45) is 1.02. The molecule has 0 spiro atoms. The molecule has 0 radical (unpaired) electrons. The topological polar surface area (TPSA) is 113 Å². The van der Waals surface area contributed by atoms with Crippen molar-refractivity contribution in [3.8, 4) is 0 Å². The van der Waals surface area contributed by atoms with Crippen molar-refractivity contribution in [3.05, 3.63) is 82.3 Å². The van der Waals surface area contributed by atoms with E-state index in [0.29, 0.717) is 11.4 Å². The Morgan fingerprint density at radius 1 is 0.914 bits per heavy atom. The van der Waals surface area contributed by atoms with Crippen molar-refractivity contribution < 1.29 is 21.6 Å². The van der Waals surface area contributed by atoms with Gasteiger partial charge >= 0.3 is 0 Å². The summed E-state index contributed by atoms with van der Waals surface area (Å²) in [5.74, 6) is -0.588. The van der Waals surface area contributed by atoms with Gasteiger partial charge in [0.25, 0.3) is 10.0 Å². The smallest absolute Gasteiger partial charge is 0.261 e. The lowest BCUT2D eigenvalue weighted by molar-refractivity contribution is -0.116. The number of hydrogen-bond acceptors (Lipinski definition) is 5. The molecular weight excluding hydrogens is 533 g/mol. The van der Waals surface area contributed by atoms with Crippen LogP contribution in [0.2, 0.25) is 10.0 Å². The molecule has 1 atom stereocenters. The van der Waals surface area contributed by atoms with Crippen LogP contribution >= 0.6 is 23.2 Å². The van der Waals surface area contributed by atoms with Gasteiger partial charge in [-0.05, 0) is 62.4 Å². The van der Waals surface area contributed by atoms with Gasteiger partial charge in [0.2, 0.25) is 15.9 Å². The first-order valence-electron chi connectivity index (χ1n) is 10.2. The fourth-order valence-corrected chi connectivity index (χ4v) is 5.90. The lowest BCUT2D eigenvalue weighted by Crippen LogP contribution is -2.45. The number of benzene rings is 3. The Morgan fingerprint density at radius 3 is 2.09 bits per heavy atom. The third-order valence-electron chi connectivity index (χ3n) is 5.01. The number of hydrogen-bond donors (Lipinski definition) is 2. The van der Waals surface area contributed by atoms with Gasteiger partial charge in [-0.1, -0.05) is 47.0 Å². The van der Waals surface area contributed by atoms with Gasteiger partial charge in [0.15, 0.2) is 0 Å². The Kier molecular flexibility index (Phi) is 8.00. The van der Waals surface area contributed by atoms with Crippen LogP contribution in [0.3, 0.4) is 0 Å². The van der Waals surface area contributed by atoms with E-state index < -0.39 is 32.0 Å². The number of carbonyl (C=O) groups is 1. The first-order valence-corrected chi connectivity index (χ1v) is 14.3. The monoisotopic (exact) mass is 555 g/mol. The third kappa shape index (κ3) is 6.46. The van der Waals surface area contributed by atoms with Gasteiger partial charge in [-0.3, -0.25) is 13.8 Å². The third-order valence-corrected chi connectivity index (χ3v) is 8.45. The van der Waals surface area contributed by atoms with E-state index >= 15 is 0 Å². The average molecular weight is 556 g/mol. The van der Waals surface area contributed by atoms with Crippen LogP contribution in [0.25, 0.3) is 0 Å². The second kappa shape index (κ2) is 10.4. The van der Waals surface area contributed by atoms with E-state index in [4.69, 9.17) is 23.2 Å². The normalized spacial score (nSPS) is 12.6. The van der Waals surface area contributed by atoms with Crippen LogP contribution in [0, 0.1) is 6.92 Å². The molecule has 8 nitrogen and oxygen atoms in total. The molecule has 0 aromatic heterocycles. The Hall–Kier alpha value is -2.79. The number of carbonyl (C=O) groups excluding carboxylic acids is 1. The molecule has 0 bridgehead atoms. The maximum atomic E-state index is 12.9. The van der Waals surface area contributed by atoms with Crippen LogP contribution in [0.15, 0.2) is 71.6 Å². The predicted molar refractivity (Wildman–Crippen MR) is 140 cm³/mol. The van der Waals surface area contributed by atoms with Crippen LogP contribution in [0.4, 0.5) is 17.1 Å². The highest BCUT2D eigenvalue weighted by Gasteiger charge is 2.29. The van der Waals surface area contributed by atoms with Gasteiger partial charge in [0.1, 0.15) is 6.04 Å². The quantitative estimate of drug-likeness (QED) is 0.410. The first kappa shape index (κ1) is 26.8. The fraction of sp³-hybridized carbons (Fsp3) is 0.174. The van der Waals surface area contributed by atoms with E-state index in [1.807, 2.05) is 6.92 Å². The molecule has 0 unspecified atom stereocenters. The van der Waals surface area contributed by atoms with Gasteiger partial charge < -0.3 is 5.32 Å². The summed E-state index contributed by atoms with van der Waals surface area (Å²) < 4.78 is 53.7. The SMILES string of the molecule is Cc1ccc(N([C@H](C)C(=O)Nc2ccc(S(=O)(=O)Nc3cccc(Cl)c3Cl)cc2)S(C)(=O)=O)cc1. The van der Waals surface area contributed by atoms with Crippen molar-refractivity contribution >= 4 is 66.2 Å². The highest BCUT2D eigenvalue weighted by molar-refractivity contribution is 7.92. The van der Waals surface area contributed by atoms with Crippen LogP contribution in [0.5, 0.6) is 0 Å². The second-order valence-electron chi connectivity index (χ2n) is 7.79. The molecule has 3 rings (SSSR count). The number of sulfonamides is 2. The van der Waals surface area contributed by atoms with E-state index in [-0.39, 0.29) is 20.6 Å². The summed E-state index contributed by atoms with van der Waals surface area (Å²) in [6.45, 7) is 3.33.